The predicted octanol–water partition coefficient (Wildman–Crippen LogP) is 4.31. The Labute approximate surface area is 134 Å². The second-order valence-corrected chi connectivity index (χ2v) is 5.96. The van der Waals surface area contributed by atoms with Gasteiger partial charge in [0.2, 0.25) is 0 Å². The molecule has 2 aromatic rings. The van der Waals surface area contributed by atoms with E-state index in [1.165, 1.54) is 23.1 Å². The van der Waals surface area contributed by atoms with Crippen molar-refractivity contribution in [3.63, 3.8) is 0 Å². The van der Waals surface area contributed by atoms with Crippen molar-refractivity contribution in [2.75, 3.05) is 27.2 Å². The summed E-state index contributed by atoms with van der Waals surface area (Å²) < 4.78 is 6.18. The summed E-state index contributed by atoms with van der Waals surface area (Å²) >= 11 is 0. The number of likely N-dealkylation sites (N-methyl/N-ethyl adjacent to an activating group) is 1. The first kappa shape index (κ1) is 16.7. The summed E-state index contributed by atoms with van der Waals surface area (Å²) in [5.41, 5.74) is 3.83. The van der Waals surface area contributed by atoms with Crippen molar-refractivity contribution >= 4 is 0 Å². The molecule has 0 N–H and O–H groups in total. The third kappa shape index (κ3) is 4.97. The zero-order valence-electron chi connectivity index (χ0n) is 14.0. The molecule has 0 aliphatic carbocycles. The van der Waals surface area contributed by atoms with Crippen LogP contribution in [0.1, 0.15) is 36.1 Å². The normalized spacial score (nSPS) is 12.5. The summed E-state index contributed by atoms with van der Waals surface area (Å²) in [6.45, 7) is 3.87. The first-order valence-corrected chi connectivity index (χ1v) is 8.11. The molecule has 0 aliphatic rings. The minimum atomic E-state index is 0.0110. The standard InChI is InChI=1S/C20H27NO/c1-4-8-17-11-13-19(14-12-17)20(22-16-15-21(2)3)18-9-6-5-7-10-18/h5-7,9-14,20H,4,8,15-16H2,1-3H3. The van der Waals surface area contributed by atoms with Gasteiger partial charge in [0.05, 0.1) is 6.61 Å². The van der Waals surface area contributed by atoms with E-state index in [0.717, 1.165) is 19.6 Å². The van der Waals surface area contributed by atoms with Gasteiger partial charge in [-0.3, -0.25) is 0 Å². The Kier molecular flexibility index (Phi) is 6.63. The SMILES string of the molecule is CCCc1ccc(C(OCCN(C)C)c2ccccc2)cc1. The summed E-state index contributed by atoms with van der Waals surface area (Å²) in [7, 11) is 4.14. The molecule has 22 heavy (non-hydrogen) atoms. The van der Waals surface area contributed by atoms with E-state index in [9.17, 15) is 0 Å². The monoisotopic (exact) mass is 297 g/mol. The van der Waals surface area contributed by atoms with Gasteiger partial charge >= 0.3 is 0 Å². The Morgan fingerprint density at radius 1 is 0.909 bits per heavy atom. The highest BCUT2D eigenvalue weighted by Gasteiger charge is 2.14. The van der Waals surface area contributed by atoms with Crippen LogP contribution in [0, 0.1) is 0 Å². The van der Waals surface area contributed by atoms with E-state index < -0.39 is 0 Å². The Balaban J connectivity index is 2.16. The number of aryl methyl sites for hydroxylation is 1. The molecule has 0 aromatic heterocycles. The van der Waals surface area contributed by atoms with Gasteiger partial charge in [-0.1, -0.05) is 67.9 Å². The van der Waals surface area contributed by atoms with E-state index >= 15 is 0 Å². The molecule has 0 saturated heterocycles. The van der Waals surface area contributed by atoms with E-state index in [1.54, 1.807) is 0 Å². The lowest BCUT2D eigenvalue weighted by Crippen LogP contribution is -2.20. The average molecular weight is 297 g/mol. The molecule has 0 aliphatic heterocycles. The van der Waals surface area contributed by atoms with Crippen LogP contribution in [0.25, 0.3) is 0 Å². The predicted molar refractivity (Wildman–Crippen MR) is 93.2 cm³/mol. The van der Waals surface area contributed by atoms with Crippen LogP contribution in [-0.4, -0.2) is 32.1 Å². The number of rotatable bonds is 8. The second-order valence-electron chi connectivity index (χ2n) is 5.96. The first-order valence-electron chi connectivity index (χ1n) is 8.11. The van der Waals surface area contributed by atoms with Gasteiger partial charge in [0.1, 0.15) is 6.10 Å². The highest BCUT2D eigenvalue weighted by Crippen LogP contribution is 2.26. The fourth-order valence-corrected chi connectivity index (χ4v) is 2.51. The van der Waals surface area contributed by atoms with Gasteiger partial charge in [0.15, 0.2) is 0 Å². The number of hydrogen-bond donors (Lipinski definition) is 0. The van der Waals surface area contributed by atoms with Crippen LogP contribution in [-0.2, 0) is 11.2 Å². The Bertz CT molecular complexity index is 533. The Hall–Kier alpha value is -1.64. The molecule has 118 valence electrons. The molecule has 1 atom stereocenters. The fourth-order valence-electron chi connectivity index (χ4n) is 2.51. The third-order valence-electron chi connectivity index (χ3n) is 3.75. The molecule has 1 unspecified atom stereocenters. The topological polar surface area (TPSA) is 12.5 Å². The van der Waals surface area contributed by atoms with Gasteiger partial charge in [-0.15, -0.1) is 0 Å². The summed E-state index contributed by atoms with van der Waals surface area (Å²) in [4.78, 5) is 2.15. The van der Waals surface area contributed by atoms with Crippen LogP contribution < -0.4 is 0 Å². The lowest BCUT2D eigenvalue weighted by Gasteiger charge is -2.20. The average Bonchev–Trinajstić information content (AvgIpc) is 2.53. The van der Waals surface area contributed by atoms with Gasteiger partial charge in [0, 0.05) is 6.54 Å². The van der Waals surface area contributed by atoms with Crippen molar-refractivity contribution in [2.45, 2.75) is 25.9 Å². The molecule has 0 heterocycles. The lowest BCUT2D eigenvalue weighted by molar-refractivity contribution is 0.0687. The molecule has 2 nitrogen and oxygen atoms in total. The number of nitrogens with zero attached hydrogens (tertiary/aromatic N) is 1. The van der Waals surface area contributed by atoms with Crippen LogP contribution in [0.5, 0.6) is 0 Å². The fraction of sp³-hybridized carbons (Fsp3) is 0.400. The lowest BCUT2D eigenvalue weighted by atomic mass is 9.99. The van der Waals surface area contributed by atoms with Gasteiger partial charge in [-0.2, -0.15) is 0 Å². The maximum absolute atomic E-state index is 6.18. The largest absolute Gasteiger partial charge is 0.367 e. The molecular weight excluding hydrogens is 270 g/mol. The Morgan fingerprint density at radius 3 is 2.14 bits per heavy atom. The molecule has 2 rings (SSSR count). The van der Waals surface area contributed by atoms with Crippen molar-refractivity contribution in [3.8, 4) is 0 Å². The molecular formula is C20H27NO. The molecule has 2 aromatic carbocycles. The van der Waals surface area contributed by atoms with Gasteiger partial charge in [0.25, 0.3) is 0 Å². The molecule has 0 fully saturated rings. The van der Waals surface area contributed by atoms with Crippen LogP contribution in [0.15, 0.2) is 54.6 Å². The third-order valence-corrected chi connectivity index (χ3v) is 3.75. The summed E-state index contributed by atoms with van der Waals surface area (Å²) in [5, 5.41) is 0. The van der Waals surface area contributed by atoms with Gasteiger partial charge in [-0.05, 0) is 37.2 Å². The van der Waals surface area contributed by atoms with E-state index in [2.05, 4.69) is 74.4 Å². The van der Waals surface area contributed by atoms with Crippen LogP contribution in [0.2, 0.25) is 0 Å². The number of benzene rings is 2. The molecule has 0 spiro atoms. The smallest absolute Gasteiger partial charge is 0.108 e. The van der Waals surface area contributed by atoms with Gasteiger partial charge < -0.3 is 9.64 Å². The van der Waals surface area contributed by atoms with Crippen molar-refractivity contribution in [1.82, 2.24) is 4.90 Å². The zero-order valence-corrected chi connectivity index (χ0v) is 14.0. The Morgan fingerprint density at radius 2 is 1.55 bits per heavy atom. The highest BCUT2D eigenvalue weighted by atomic mass is 16.5. The van der Waals surface area contributed by atoms with E-state index in [-0.39, 0.29) is 6.10 Å². The van der Waals surface area contributed by atoms with Crippen LogP contribution in [0.4, 0.5) is 0 Å². The van der Waals surface area contributed by atoms with Crippen molar-refractivity contribution < 1.29 is 4.74 Å². The van der Waals surface area contributed by atoms with Crippen LogP contribution in [0.3, 0.4) is 0 Å². The van der Waals surface area contributed by atoms with E-state index in [0.29, 0.717) is 0 Å². The highest BCUT2D eigenvalue weighted by molar-refractivity contribution is 5.32. The number of ether oxygens (including phenoxy) is 1. The molecule has 0 amide bonds. The molecule has 0 saturated carbocycles. The maximum atomic E-state index is 6.18. The summed E-state index contributed by atoms with van der Waals surface area (Å²) in [5.74, 6) is 0. The van der Waals surface area contributed by atoms with Crippen molar-refractivity contribution in [1.29, 1.82) is 0 Å². The zero-order chi connectivity index (χ0) is 15.8. The van der Waals surface area contributed by atoms with Crippen molar-refractivity contribution in [2.24, 2.45) is 0 Å². The van der Waals surface area contributed by atoms with Gasteiger partial charge in [-0.25, -0.2) is 0 Å². The molecule has 0 radical (unpaired) electrons. The molecule has 2 heteroatoms. The minimum Gasteiger partial charge on any atom is -0.367 e. The summed E-state index contributed by atoms with van der Waals surface area (Å²) in [6, 6.07) is 19.3. The van der Waals surface area contributed by atoms with Crippen LogP contribution >= 0.6 is 0 Å². The quantitative estimate of drug-likeness (QED) is 0.720. The second kappa shape index (κ2) is 8.72. The first-order chi connectivity index (χ1) is 10.7. The van der Waals surface area contributed by atoms with Crippen molar-refractivity contribution in [3.05, 3.63) is 71.3 Å². The summed E-state index contributed by atoms with van der Waals surface area (Å²) in [6.07, 6.45) is 2.33. The number of hydrogen-bond acceptors (Lipinski definition) is 2. The van der Waals surface area contributed by atoms with E-state index in [1.807, 2.05) is 6.07 Å². The maximum Gasteiger partial charge on any atom is 0.108 e. The van der Waals surface area contributed by atoms with E-state index in [4.69, 9.17) is 4.74 Å². The molecule has 0 bridgehead atoms. The minimum absolute atomic E-state index is 0.0110.